The molecule has 1 fully saturated rings. The van der Waals surface area contributed by atoms with E-state index in [1.165, 1.54) is 4.90 Å². The molecule has 0 aromatic heterocycles. The Bertz CT molecular complexity index is 923. The van der Waals surface area contributed by atoms with Gasteiger partial charge in [0.25, 0.3) is 5.91 Å². The van der Waals surface area contributed by atoms with E-state index in [0.717, 1.165) is 36.0 Å². The Hall–Kier alpha value is -3.15. The Balaban J connectivity index is 1.65. The summed E-state index contributed by atoms with van der Waals surface area (Å²) in [6, 6.07) is 14.1. The lowest BCUT2D eigenvalue weighted by Crippen LogP contribution is -2.44. The molecule has 1 saturated heterocycles. The van der Waals surface area contributed by atoms with Crippen LogP contribution in [0.15, 0.2) is 48.5 Å². The third-order valence-electron chi connectivity index (χ3n) is 5.48. The van der Waals surface area contributed by atoms with Crippen LogP contribution in [0.5, 0.6) is 0 Å². The van der Waals surface area contributed by atoms with Crippen LogP contribution in [0, 0.1) is 0 Å². The first-order chi connectivity index (χ1) is 13.0. The summed E-state index contributed by atoms with van der Waals surface area (Å²) in [6.45, 7) is 0.160. The van der Waals surface area contributed by atoms with Crippen LogP contribution in [-0.2, 0) is 23.3 Å². The van der Waals surface area contributed by atoms with Gasteiger partial charge in [0.2, 0.25) is 5.91 Å². The van der Waals surface area contributed by atoms with Crippen molar-refractivity contribution in [3.63, 3.8) is 0 Å². The summed E-state index contributed by atoms with van der Waals surface area (Å²) in [5.41, 5.74) is 7.47. The molecule has 2 aliphatic rings. The van der Waals surface area contributed by atoms with Gasteiger partial charge in [-0.15, -0.1) is 0 Å². The van der Waals surface area contributed by atoms with Crippen LogP contribution < -0.4 is 11.1 Å². The molecular weight excluding hydrogens is 342 g/mol. The first-order valence-electron chi connectivity index (χ1n) is 9.12. The van der Waals surface area contributed by atoms with Crippen molar-refractivity contribution >= 4 is 17.8 Å². The minimum Gasteiger partial charge on any atom is -0.366 e. The zero-order chi connectivity index (χ0) is 19.0. The molecule has 6 heteroatoms. The second kappa shape index (κ2) is 6.54. The molecule has 2 aromatic rings. The summed E-state index contributed by atoms with van der Waals surface area (Å²) in [4.78, 5) is 38.5. The number of nitrogens with zero attached hydrogens (tertiary/aromatic N) is 1. The van der Waals surface area contributed by atoms with Gasteiger partial charge in [-0.25, -0.2) is 4.79 Å². The summed E-state index contributed by atoms with van der Waals surface area (Å²) < 4.78 is 0. The molecule has 1 aliphatic heterocycles. The van der Waals surface area contributed by atoms with E-state index in [-0.39, 0.29) is 18.5 Å². The first-order valence-corrected chi connectivity index (χ1v) is 9.12. The minimum atomic E-state index is -0.975. The third-order valence-corrected chi connectivity index (χ3v) is 5.48. The van der Waals surface area contributed by atoms with E-state index in [0.29, 0.717) is 12.0 Å². The lowest BCUT2D eigenvalue weighted by molar-refractivity contribution is -0.132. The van der Waals surface area contributed by atoms with Crippen molar-refractivity contribution < 1.29 is 14.4 Å². The van der Waals surface area contributed by atoms with Gasteiger partial charge in [-0.2, -0.15) is 0 Å². The molecule has 1 aliphatic carbocycles. The maximum absolute atomic E-state index is 13.4. The van der Waals surface area contributed by atoms with Crippen LogP contribution >= 0.6 is 0 Å². The van der Waals surface area contributed by atoms with Gasteiger partial charge in [-0.3, -0.25) is 14.5 Å². The van der Waals surface area contributed by atoms with Gasteiger partial charge in [0.05, 0.1) is 6.54 Å². The Kier molecular flexibility index (Phi) is 4.18. The lowest BCUT2D eigenvalue weighted by Gasteiger charge is -2.27. The van der Waals surface area contributed by atoms with Gasteiger partial charge in [0.1, 0.15) is 5.54 Å². The summed E-state index contributed by atoms with van der Waals surface area (Å²) in [7, 11) is 0. The molecule has 2 aromatic carbocycles. The summed E-state index contributed by atoms with van der Waals surface area (Å²) in [5.74, 6) is -0.716. The lowest BCUT2D eigenvalue weighted by atomic mass is 9.84. The average Bonchev–Trinajstić information content (AvgIpc) is 2.82. The molecular formula is C21H21N3O3. The Morgan fingerprint density at radius 2 is 1.81 bits per heavy atom. The van der Waals surface area contributed by atoms with Crippen LogP contribution in [0.25, 0.3) is 0 Å². The Morgan fingerprint density at radius 1 is 1.07 bits per heavy atom. The molecule has 1 heterocycles. The standard InChI is InChI=1S/C21H21N3O3/c22-18(25)16-10-8-14(9-11-16)13-24-19(26)21(23-20(24)27)12-4-3-6-15-5-1-2-7-17(15)21/h1-2,5,7-11H,3-4,6,12-13H2,(H2,22,25)(H,23,27). The predicted molar refractivity (Wildman–Crippen MR) is 99.7 cm³/mol. The van der Waals surface area contributed by atoms with E-state index >= 15 is 0 Å². The van der Waals surface area contributed by atoms with E-state index in [1.807, 2.05) is 24.3 Å². The second-order valence-corrected chi connectivity index (χ2v) is 7.15. The topological polar surface area (TPSA) is 92.5 Å². The smallest absolute Gasteiger partial charge is 0.325 e. The highest BCUT2D eigenvalue weighted by molar-refractivity contribution is 6.07. The Morgan fingerprint density at radius 3 is 2.56 bits per heavy atom. The molecule has 138 valence electrons. The van der Waals surface area contributed by atoms with Crippen LogP contribution in [0.4, 0.5) is 4.79 Å². The maximum atomic E-state index is 13.4. The molecule has 4 rings (SSSR count). The van der Waals surface area contributed by atoms with Crippen molar-refractivity contribution in [2.75, 3.05) is 0 Å². The highest BCUT2D eigenvalue weighted by Gasteiger charge is 2.53. The number of nitrogens with two attached hydrogens (primary N) is 1. The van der Waals surface area contributed by atoms with Crippen LogP contribution in [0.3, 0.4) is 0 Å². The van der Waals surface area contributed by atoms with Crippen molar-refractivity contribution in [2.24, 2.45) is 5.73 Å². The molecule has 0 bridgehead atoms. The van der Waals surface area contributed by atoms with Crippen molar-refractivity contribution in [3.05, 3.63) is 70.8 Å². The number of amides is 4. The van der Waals surface area contributed by atoms with Crippen molar-refractivity contribution in [1.29, 1.82) is 0 Å². The minimum absolute atomic E-state index is 0.160. The fraction of sp³-hybridized carbons (Fsp3) is 0.286. The summed E-state index contributed by atoms with van der Waals surface area (Å²) in [5, 5.41) is 2.98. The van der Waals surface area contributed by atoms with Gasteiger partial charge in [-0.05, 0) is 54.5 Å². The SMILES string of the molecule is NC(=O)c1ccc(CN2C(=O)NC3(CCCCc4ccccc43)C2=O)cc1. The highest BCUT2D eigenvalue weighted by atomic mass is 16.2. The molecule has 3 N–H and O–H groups in total. The number of hydrogen-bond acceptors (Lipinski definition) is 3. The van der Waals surface area contributed by atoms with E-state index in [9.17, 15) is 14.4 Å². The molecule has 1 atom stereocenters. The van der Waals surface area contributed by atoms with E-state index < -0.39 is 11.4 Å². The molecule has 1 unspecified atom stereocenters. The molecule has 0 radical (unpaired) electrons. The average molecular weight is 363 g/mol. The fourth-order valence-corrected chi connectivity index (χ4v) is 4.07. The van der Waals surface area contributed by atoms with Crippen molar-refractivity contribution in [2.45, 2.75) is 37.8 Å². The summed E-state index contributed by atoms with van der Waals surface area (Å²) in [6.07, 6.45) is 3.39. The number of hydrogen-bond donors (Lipinski definition) is 2. The van der Waals surface area contributed by atoms with E-state index in [4.69, 9.17) is 5.73 Å². The number of rotatable bonds is 3. The number of primary amides is 1. The van der Waals surface area contributed by atoms with Gasteiger partial charge in [-0.1, -0.05) is 36.4 Å². The van der Waals surface area contributed by atoms with Gasteiger partial charge >= 0.3 is 6.03 Å². The van der Waals surface area contributed by atoms with Crippen LogP contribution in [-0.4, -0.2) is 22.7 Å². The fourth-order valence-electron chi connectivity index (χ4n) is 4.07. The first kappa shape index (κ1) is 17.3. The number of carbonyl (C=O) groups excluding carboxylic acids is 3. The Labute approximate surface area is 157 Å². The zero-order valence-electron chi connectivity index (χ0n) is 14.9. The number of carbonyl (C=O) groups is 3. The van der Waals surface area contributed by atoms with Gasteiger partial charge in [0, 0.05) is 5.56 Å². The predicted octanol–water partition coefficient (Wildman–Crippen LogP) is 2.46. The van der Waals surface area contributed by atoms with Gasteiger partial charge < -0.3 is 11.1 Å². The summed E-state index contributed by atoms with van der Waals surface area (Å²) >= 11 is 0. The van der Waals surface area contributed by atoms with Crippen molar-refractivity contribution in [1.82, 2.24) is 10.2 Å². The van der Waals surface area contributed by atoms with Crippen LogP contribution in [0.2, 0.25) is 0 Å². The number of urea groups is 1. The number of fused-ring (bicyclic) bond motifs is 2. The highest BCUT2D eigenvalue weighted by Crippen LogP contribution is 2.39. The number of aryl methyl sites for hydroxylation is 1. The van der Waals surface area contributed by atoms with Gasteiger partial charge in [0.15, 0.2) is 0 Å². The maximum Gasteiger partial charge on any atom is 0.325 e. The normalized spacial score (nSPS) is 21.7. The largest absolute Gasteiger partial charge is 0.366 e. The van der Waals surface area contributed by atoms with Crippen molar-refractivity contribution in [3.8, 4) is 0 Å². The number of imide groups is 1. The number of nitrogens with one attached hydrogen (secondary N) is 1. The van der Waals surface area contributed by atoms with Crippen LogP contribution in [0.1, 0.15) is 46.3 Å². The molecule has 1 spiro atoms. The number of benzene rings is 2. The quantitative estimate of drug-likeness (QED) is 0.821. The molecule has 27 heavy (non-hydrogen) atoms. The molecule has 0 saturated carbocycles. The monoisotopic (exact) mass is 363 g/mol. The zero-order valence-corrected chi connectivity index (χ0v) is 14.9. The molecule has 6 nitrogen and oxygen atoms in total. The van der Waals surface area contributed by atoms with E-state index in [2.05, 4.69) is 5.32 Å². The second-order valence-electron chi connectivity index (χ2n) is 7.15. The molecule has 4 amide bonds. The van der Waals surface area contributed by atoms with E-state index in [1.54, 1.807) is 24.3 Å². The third kappa shape index (κ3) is 2.87.